The standard InChI is InChI=1S/C25H25N3OS.C2H6/c1-17-26-22(16-30-17)25(2,3)14-8-10-18-9-7-11-19(15-18)23-24(29-4)28-21-13-6-5-12-20(21)27-23;1-2/h5-13,15-16H,14H2,1-4H3;1-2H3/b10-8+;. The first kappa shape index (κ1) is 23.6. The van der Waals surface area contributed by atoms with Crippen molar-refractivity contribution in [2.45, 2.75) is 46.5 Å². The normalized spacial score (nSPS) is 11.4. The summed E-state index contributed by atoms with van der Waals surface area (Å²) in [6.45, 7) is 10.5. The third-order valence-corrected chi connectivity index (χ3v) is 5.92. The lowest BCUT2D eigenvalue weighted by molar-refractivity contribution is 0.400. The molecule has 0 saturated carbocycles. The van der Waals surface area contributed by atoms with E-state index >= 15 is 0 Å². The molecule has 0 atom stereocenters. The third-order valence-electron chi connectivity index (χ3n) is 5.14. The summed E-state index contributed by atoms with van der Waals surface area (Å²) >= 11 is 1.70. The second-order valence-corrected chi connectivity index (χ2v) is 9.00. The van der Waals surface area contributed by atoms with Crippen LogP contribution in [0.3, 0.4) is 0 Å². The van der Waals surface area contributed by atoms with Crippen molar-refractivity contribution in [1.29, 1.82) is 0 Å². The van der Waals surface area contributed by atoms with E-state index in [-0.39, 0.29) is 5.41 Å². The molecule has 0 aliphatic heterocycles. The van der Waals surface area contributed by atoms with Gasteiger partial charge in [-0.25, -0.2) is 15.0 Å². The highest BCUT2D eigenvalue weighted by molar-refractivity contribution is 7.09. The van der Waals surface area contributed by atoms with Crippen molar-refractivity contribution in [3.63, 3.8) is 0 Å². The van der Waals surface area contributed by atoms with E-state index in [0.717, 1.165) is 45.0 Å². The van der Waals surface area contributed by atoms with Gasteiger partial charge < -0.3 is 4.74 Å². The Labute approximate surface area is 195 Å². The third kappa shape index (κ3) is 5.40. The number of fused-ring (bicyclic) bond motifs is 1. The molecule has 0 fully saturated rings. The molecule has 5 heteroatoms. The largest absolute Gasteiger partial charge is 0.479 e. The Hall–Kier alpha value is -3.05. The molecular formula is C27H31N3OS. The molecule has 0 unspecified atom stereocenters. The first-order valence-electron chi connectivity index (χ1n) is 11.0. The lowest BCUT2D eigenvalue weighted by Gasteiger charge is -2.20. The molecule has 0 aliphatic rings. The fraction of sp³-hybridized carbons (Fsp3) is 0.296. The SMILES string of the molecule is CC.COc1nc2ccccc2nc1-c1cccc(/C=C/CC(C)(C)c2csc(C)n2)c1. The van der Waals surface area contributed by atoms with Gasteiger partial charge in [0.25, 0.3) is 0 Å². The Bertz CT molecular complexity index is 1210. The van der Waals surface area contributed by atoms with Crippen molar-refractivity contribution in [3.8, 4) is 17.1 Å². The van der Waals surface area contributed by atoms with Gasteiger partial charge in [-0.3, -0.25) is 0 Å². The Morgan fingerprint density at radius 2 is 1.69 bits per heavy atom. The minimum Gasteiger partial charge on any atom is -0.479 e. The number of thiazole rings is 1. The summed E-state index contributed by atoms with van der Waals surface area (Å²) in [6.07, 6.45) is 5.29. The summed E-state index contributed by atoms with van der Waals surface area (Å²) in [4.78, 5) is 14.1. The first-order valence-corrected chi connectivity index (χ1v) is 11.8. The molecule has 4 rings (SSSR count). The summed E-state index contributed by atoms with van der Waals surface area (Å²) in [7, 11) is 1.63. The van der Waals surface area contributed by atoms with Crippen LogP contribution in [0.15, 0.2) is 60.0 Å². The van der Waals surface area contributed by atoms with Crippen LogP contribution in [0.1, 0.15) is 50.4 Å². The van der Waals surface area contributed by atoms with E-state index in [4.69, 9.17) is 9.72 Å². The summed E-state index contributed by atoms with van der Waals surface area (Å²) in [5.41, 5.74) is 5.70. The van der Waals surface area contributed by atoms with Crippen LogP contribution < -0.4 is 4.74 Å². The van der Waals surface area contributed by atoms with Crippen molar-refractivity contribution in [3.05, 3.63) is 76.3 Å². The number of rotatable bonds is 6. The van der Waals surface area contributed by atoms with E-state index in [2.05, 4.69) is 60.4 Å². The Morgan fingerprint density at radius 1 is 0.969 bits per heavy atom. The van der Waals surface area contributed by atoms with E-state index in [9.17, 15) is 0 Å². The molecule has 0 radical (unpaired) electrons. The van der Waals surface area contributed by atoms with Crippen LogP contribution in [-0.2, 0) is 5.41 Å². The lowest BCUT2D eigenvalue weighted by atomic mass is 9.86. The number of allylic oxidation sites excluding steroid dienone is 1. The van der Waals surface area contributed by atoms with Crippen molar-refractivity contribution < 1.29 is 4.74 Å². The Kier molecular flexibility index (Phi) is 7.75. The van der Waals surface area contributed by atoms with E-state index in [1.165, 1.54) is 0 Å². The van der Waals surface area contributed by atoms with Crippen molar-refractivity contribution in [2.75, 3.05) is 7.11 Å². The molecule has 0 spiro atoms. The summed E-state index contributed by atoms with van der Waals surface area (Å²) < 4.78 is 5.53. The van der Waals surface area contributed by atoms with Gasteiger partial charge in [-0.2, -0.15) is 0 Å². The predicted octanol–water partition coefficient (Wildman–Crippen LogP) is 7.48. The van der Waals surface area contributed by atoms with Gasteiger partial charge >= 0.3 is 0 Å². The molecule has 0 saturated heterocycles. The molecule has 0 bridgehead atoms. The van der Waals surface area contributed by atoms with Crippen LogP contribution in [0, 0.1) is 6.92 Å². The second-order valence-electron chi connectivity index (χ2n) is 7.94. The molecule has 32 heavy (non-hydrogen) atoms. The Balaban J connectivity index is 0.00000141. The molecule has 0 aliphatic carbocycles. The topological polar surface area (TPSA) is 47.9 Å². The van der Waals surface area contributed by atoms with E-state index in [1.807, 2.05) is 50.2 Å². The number of nitrogens with zero attached hydrogens (tertiary/aromatic N) is 3. The van der Waals surface area contributed by atoms with Crippen LogP contribution in [0.25, 0.3) is 28.4 Å². The molecule has 4 aromatic rings. The number of benzene rings is 2. The molecule has 0 amide bonds. The average molecular weight is 446 g/mol. The van der Waals surface area contributed by atoms with Crippen molar-refractivity contribution >= 4 is 28.4 Å². The second kappa shape index (κ2) is 10.5. The Morgan fingerprint density at radius 3 is 2.34 bits per heavy atom. The molecule has 4 nitrogen and oxygen atoms in total. The predicted molar refractivity (Wildman–Crippen MR) is 136 cm³/mol. The number of hydrogen-bond donors (Lipinski definition) is 0. The number of para-hydroxylation sites is 2. The monoisotopic (exact) mass is 445 g/mol. The summed E-state index contributed by atoms with van der Waals surface area (Å²) in [5.74, 6) is 0.537. The van der Waals surface area contributed by atoms with Gasteiger partial charge in [-0.15, -0.1) is 11.3 Å². The number of hydrogen-bond acceptors (Lipinski definition) is 5. The number of aryl methyl sites for hydroxylation is 1. The highest BCUT2D eigenvalue weighted by Crippen LogP contribution is 2.31. The van der Waals surface area contributed by atoms with Gasteiger partial charge in [0.05, 0.1) is 28.8 Å². The summed E-state index contributed by atoms with van der Waals surface area (Å²) in [5, 5.41) is 3.27. The number of methoxy groups -OCH3 is 1. The van der Waals surface area contributed by atoms with Gasteiger partial charge in [0.15, 0.2) is 0 Å². The molecule has 0 N–H and O–H groups in total. The van der Waals surface area contributed by atoms with Gasteiger partial charge in [0.1, 0.15) is 5.69 Å². The van der Waals surface area contributed by atoms with Gasteiger partial charge in [0.2, 0.25) is 5.88 Å². The van der Waals surface area contributed by atoms with E-state index in [1.54, 1.807) is 18.4 Å². The van der Waals surface area contributed by atoms with Crippen molar-refractivity contribution in [1.82, 2.24) is 15.0 Å². The number of ether oxygens (including phenoxy) is 1. The van der Waals surface area contributed by atoms with Crippen LogP contribution in [-0.4, -0.2) is 22.1 Å². The molecule has 2 aromatic carbocycles. The maximum atomic E-state index is 5.53. The van der Waals surface area contributed by atoms with Gasteiger partial charge in [0, 0.05) is 16.4 Å². The zero-order valence-corrected chi connectivity index (χ0v) is 20.5. The minimum atomic E-state index is 0.00586. The highest BCUT2D eigenvalue weighted by atomic mass is 32.1. The zero-order valence-electron chi connectivity index (χ0n) is 19.7. The van der Waals surface area contributed by atoms with Crippen LogP contribution >= 0.6 is 11.3 Å². The molecule has 166 valence electrons. The molecular weight excluding hydrogens is 414 g/mol. The highest BCUT2D eigenvalue weighted by Gasteiger charge is 2.21. The maximum absolute atomic E-state index is 5.53. The van der Waals surface area contributed by atoms with Crippen LogP contribution in [0.4, 0.5) is 0 Å². The van der Waals surface area contributed by atoms with Crippen LogP contribution in [0.5, 0.6) is 5.88 Å². The fourth-order valence-corrected chi connectivity index (χ4v) is 4.18. The quantitative estimate of drug-likeness (QED) is 0.309. The number of aromatic nitrogens is 3. The minimum absolute atomic E-state index is 0.00586. The maximum Gasteiger partial charge on any atom is 0.240 e. The molecule has 2 heterocycles. The van der Waals surface area contributed by atoms with Crippen LogP contribution in [0.2, 0.25) is 0 Å². The fourth-order valence-electron chi connectivity index (χ4n) is 3.37. The lowest BCUT2D eigenvalue weighted by Crippen LogP contribution is -2.16. The first-order chi connectivity index (χ1) is 15.5. The van der Waals surface area contributed by atoms with Crippen molar-refractivity contribution in [2.24, 2.45) is 0 Å². The van der Waals surface area contributed by atoms with Gasteiger partial charge in [-0.05, 0) is 37.1 Å². The molecule has 2 aromatic heterocycles. The zero-order chi connectivity index (χ0) is 23.1. The smallest absolute Gasteiger partial charge is 0.240 e. The van der Waals surface area contributed by atoms with E-state index in [0.29, 0.717) is 5.88 Å². The van der Waals surface area contributed by atoms with Gasteiger partial charge in [-0.1, -0.05) is 70.2 Å². The van der Waals surface area contributed by atoms with E-state index < -0.39 is 0 Å². The summed E-state index contributed by atoms with van der Waals surface area (Å²) in [6, 6.07) is 16.1. The average Bonchev–Trinajstić information content (AvgIpc) is 3.27.